The zero-order valence-electron chi connectivity index (χ0n) is 9.61. The molecule has 1 aliphatic rings. The lowest BCUT2D eigenvalue weighted by atomic mass is 10.2. The van der Waals surface area contributed by atoms with Crippen molar-refractivity contribution >= 4 is 22.5 Å². The Bertz CT molecular complexity index is 465. The number of hydrogen-bond donors (Lipinski definition) is 1. The largest absolute Gasteiger partial charge is 0.311 e. The molecule has 1 amide bonds. The number of carbonyl (C=O) groups excluding carboxylic acids is 1. The van der Waals surface area contributed by atoms with Gasteiger partial charge in [-0.25, -0.2) is 4.68 Å². The number of rotatable bonds is 2. The highest BCUT2D eigenvalue weighted by Gasteiger charge is 2.27. The molecule has 0 spiro atoms. The summed E-state index contributed by atoms with van der Waals surface area (Å²) in [6, 6.07) is 0.181. The third-order valence-corrected chi connectivity index (χ3v) is 3.68. The number of amides is 1. The van der Waals surface area contributed by atoms with E-state index in [4.69, 9.17) is 0 Å². The number of anilines is 1. The lowest BCUT2D eigenvalue weighted by Gasteiger charge is -2.12. The molecule has 0 saturated carbocycles. The first-order valence-electron chi connectivity index (χ1n) is 5.22. The topological polar surface area (TPSA) is 64.0 Å². The summed E-state index contributed by atoms with van der Waals surface area (Å²) in [6.07, 6.45) is 0. The predicted octanol–water partition coefficient (Wildman–Crippen LogP) is 1.18. The standard InChI is InChI=1S/C10H15N3O2S/c1-6(2)13-10(11-7(3)14)8-4-16(15)5-9(8)12-13/h6H,4-5H2,1-3H3,(H,11,14). The van der Waals surface area contributed by atoms with Gasteiger partial charge in [0.15, 0.2) is 0 Å². The van der Waals surface area contributed by atoms with Crippen LogP contribution >= 0.6 is 0 Å². The van der Waals surface area contributed by atoms with Crippen LogP contribution in [0.2, 0.25) is 0 Å². The van der Waals surface area contributed by atoms with Gasteiger partial charge in [0.2, 0.25) is 5.91 Å². The van der Waals surface area contributed by atoms with Crippen molar-refractivity contribution in [1.29, 1.82) is 0 Å². The number of fused-ring (bicyclic) bond motifs is 1. The molecule has 5 nitrogen and oxygen atoms in total. The molecule has 88 valence electrons. The molecule has 0 saturated heterocycles. The van der Waals surface area contributed by atoms with E-state index in [0.717, 1.165) is 11.3 Å². The van der Waals surface area contributed by atoms with E-state index in [1.165, 1.54) is 6.92 Å². The van der Waals surface area contributed by atoms with Gasteiger partial charge in [-0.15, -0.1) is 0 Å². The molecule has 2 rings (SSSR count). The van der Waals surface area contributed by atoms with Gasteiger partial charge in [-0.1, -0.05) is 0 Å². The van der Waals surface area contributed by atoms with E-state index >= 15 is 0 Å². The van der Waals surface area contributed by atoms with E-state index in [9.17, 15) is 9.00 Å². The first kappa shape index (κ1) is 11.3. The average Bonchev–Trinajstić information content (AvgIpc) is 2.63. The highest BCUT2D eigenvalue weighted by molar-refractivity contribution is 7.83. The lowest BCUT2D eigenvalue weighted by Crippen LogP contribution is -2.15. The van der Waals surface area contributed by atoms with Crippen molar-refractivity contribution in [2.75, 3.05) is 5.32 Å². The molecule has 2 heterocycles. The maximum absolute atomic E-state index is 11.4. The first-order valence-corrected chi connectivity index (χ1v) is 6.70. The molecule has 0 bridgehead atoms. The molecule has 0 radical (unpaired) electrons. The van der Waals surface area contributed by atoms with E-state index < -0.39 is 10.8 Å². The molecule has 1 atom stereocenters. The fourth-order valence-electron chi connectivity index (χ4n) is 1.82. The summed E-state index contributed by atoms with van der Waals surface area (Å²) in [4.78, 5) is 11.1. The Labute approximate surface area is 96.7 Å². The van der Waals surface area contributed by atoms with E-state index in [1.54, 1.807) is 4.68 Å². The molecular formula is C10H15N3O2S. The average molecular weight is 241 g/mol. The molecule has 1 aliphatic heterocycles. The van der Waals surface area contributed by atoms with Gasteiger partial charge in [0.25, 0.3) is 0 Å². The maximum Gasteiger partial charge on any atom is 0.222 e. The van der Waals surface area contributed by atoms with Gasteiger partial charge in [-0.3, -0.25) is 9.00 Å². The minimum Gasteiger partial charge on any atom is -0.311 e. The van der Waals surface area contributed by atoms with E-state index in [2.05, 4.69) is 10.4 Å². The fourth-order valence-corrected chi connectivity index (χ4v) is 3.08. The molecule has 1 aromatic heterocycles. The quantitative estimate of drug-likeness (QED) is 0.845. The number of hydrogen-bond acceptors (Lipinski definition) is 3. The van der Waals surface area contributed by atoms with Crippen LogP contribution in [0.4, 0.5) is 5.82 Å². The summed E-state index contributed by atoms with van der Waals surface area (Å²) >= 11 is 0. The van der Waals surface area contributed by atoms with Crippen molar-refractivity contribution in [1.82, 2.24) is 9.78 Å². The molecule has 0 fully saturated rings. The Hall–Kier alpha value is -1.17. The van der Waals surface area contributed by atoms with Crippen LogP contribution < -0.4 is 5.32 Å². The number of aromatic nitrogens is 2. The van der Waals surface area contributed by atoms with Crippen LogP contribution in [0.5, 0.6) is 0 Å². The molecule has 0 aromatic carbocycles. The van der Waals surface area contributed by atoms with Gasteiger partial charge in [-0.2, -0.15) is 5.10 Å². The van der Waals surface area contributed by atoms with Crippen LogP contribution in [0.25, 0.3) is 0 Å². The van der Waals surface area contributed by atoms with Crippen LogP contribution in [0, 0.1) is 0 Å². The van der Waals surface area contributed by atoms with Gasteiger partial charge < -0.3 is 5.32 Å². The third-order valence-electron chi connectivity index (χ3n) is 2.48. The number of carbonyl (C=O) groups is 1. The third kappa shape index (κ3) is 1.89. The van der Waals surface area contributed by atoms with Crippen LogP contribution in [-0.4, -0.2) is 19.9 Å². The van der Waals surface area contributed by atoms with Crippen molar-refractivity contribution in [3.8, 4) is 0 Å². The summed E-state index contributed by atoms with van der Waals surface area (Å²) < 4.78 is 13.2. The Morgan fingerprint density at radius 3 is 2.75 bits per heavy atom. The van der Waals surface area contributed by atoms with Crippen LogP contribution in [0.1, 0.15) is 38.1 Å². The van der Waals surface area contributed by atoms with Crippen molar-refractivity contribution < 1.29 is 9.00 Å². The second-order valence-electron chi connectivity index (χ2n) is 4.22. The minimum atomic E-state index is -0.862. The van der Waals surface area contributed by atoms with Gasteiger partial charge in [0, 0.05) is 29.3 Å². The molecular weight excluding hydrogens is 226 g/mol. The van der Waals surface area contributed by atoms with Crippen LogP contribution in [0.3, 0.4) is 0 Å². The summed E-state index contributed by atoms with van der Waals surface area (Å²) in [5, 5.41) is 7.19. The minimum absolute atomic E-state index is 0.123. The summed E-state index contributed by atoms with van der Waals surface area (Å²) in [7, 11) is -0.862. The monoisotopic (exact) mass is 241 g/mol. The molecule has 1 aromatic rings. The predicted molar refractivity (Wildman–Crippen MR) is 62.5 cm³/mol. The SMILES string of the molecule is CC(=O)Nc1c2c(nn1C(C)C)CS(=O)C2. The molecule has 6 heteroatoms. The Balaban J connectivity index is 2.45. The Kier molecular flexibility index (Phi) is 2.84. The number of nitrogens with zero attached hydrogens (tertiary/aromatic N) is 2. The maximum atomic E-state index is 11.4. The van der Waals surface area contributed by atoms with E-state index in [0.29, 0.717) is 17.3 Å². The molecule has 0 aliphatic carbocycles. The summed E-state index contributed by atoms with van der Waals surface area (Å²) in [5.41, 5.74) is 1.79. The highest BCUT2D eigenvalue weighted by Crippen LogP contribution is 2.30. The number of nitrogens with one attached hydrogen (secondary N) is 1. The second-order valence-corrected chi connectivity index (χ2v) is 5.68. The first-order chi connectivity index (χ1) is 7.49. The van der Waals surface area contributed by atoms with Gasteiger partial charge in [-0.05, 0) is 13.8 Å². The van der Waals surface area contributed by atoms with Gasteiger partial charge >= 0.3 is 0 Å². The Morgan fingerprint density at radius 2 is 2.19 bits per heavy atom. The van der Waals surface area contributed by atoms with Gasteiger partial charge in [0.1, 0.15) is 5.82 Å². The molecule has 1 unspecified atom stereocenters. The molecule has 1 N–H and O–H groups in total. The Morgan fingerprint density at radius 1 is 1.50 bits per heavy atom. The molecule has 16 heavy (non-hydrogen) atoms. The van der Waals surface area contributed by atoms with Crippen LogP contribution in [-0.2, 0) is 27.1 Å². The summed E-state index contributed by atoms with van der Waals surface area (Å²) in [5.74, 6) is 1.59. The summed E-state index contributed by atoms with van der Waals surface area (Å²) in [6.45, 7) is 5.48. The normalized spacial score (nSPS) is 18.9. The van der Waals surface area contributed by atoms with Gasteiger partial charge in [0.05, 0.1) is 17.2 Å². The smallest absolute Gasteiger partial charge is 0.222 e. The second kappa shape index (κ2) is 4.01. The lowest BCUT2D eigenvalue weighted by molar-refractivity contribution is -0.114. The van der Waals surface area contributed by atoms with Crippen molar-refractivity contribution in [3.63, 3.8) is 0 Å². The van der Waals surface area contributed by atoms with Crippen molar-refractivity contribution in [2.45, 2.75) is 38.3 Å². The van der Waals surface area contributed by atoms with Crippen molar-refractivity contribution in [3.05, 3.63) is 11.3 Å². The van der Waals surface area contributed by atoms with Crippen molar-refractivity contribution in [2.24, 2.45) is 0 Å². The zero-order chi connectivity index (χ0) is 11.9. The van der Waals surface area contributed by atoms with E-state index in [1.807, 2.05) is 13.8 Å². The van der Waals surface area contributed by atoms with E-state index in [-0.39, 0.29) is 11.9 Å². The zero-order valence-corrected chi connectivity index (χ0v) is 10.4. The fraction of sp³-hybridized carbons (Fsp3) is 0.600. The van der Waals surface area contributed by atoms with Crippen LogP contribution in [0.15, 0.2) is 0 Å². The highest BCUT2D eigenvalue weighted by atomic mass is 32.2.